The van der Waals surface area contributed by atoms with Gasteiger partial charge in [-0.05, 0) is 48.0 Å². The Morgan fingerprint density at radius 2 is 1.28 bits per heavy atom. The Kier molecular flexibility index (Phi) is 5.99. The van der Waals surface area contributed by atoms with Crippen LogP contribution in [-0.4, -0.2) is 19.1 Å². The number of nitrogens with zero attached hydrogens (tertiary/aromatic N) is 4. The lowest BCUT2D eigenvalue weighted by Gasteiger charge is -2.29. The first-order chi connectivity index (χ1) is 22.7. The van der Waals surface area contributed by atoms with Gasteiger partial charge in [-0.1, -0.05) is 110 Å². The summed E-state index contributed by atoms with van der Waals surface area (Å²) in [5, 5.41) is 2.55. The molecule has 9 rings (SSSR count). The number of aryl methyl sites for hydroxylation is 1. The minimum atomic E-state index is -3.14. The molecule has 1 unspecified atom stereocenters. The molecule has 1 aliphatic heterocycles. The van der Waals surface area contributed by atoms with Crippen molar-refractivity contribution in [1.82, 2.24) is 19.1 Å². The van der Waals surface area contributed by atoms with E-state index in [2.05, 4.69) is 101 Å². The molecule has 0 saturated carbocycles. The lowest BCUT2D eigenvalue weighted by Crippen LogP contribution is -2.33. The fourth-order valence-corrected chi connectivity index (χ4v) is 10.0. The predicted molar refractivity (Wildman–Crippen MR) is 189 cm³/mol. The number of imidazole rings is 2. The number of hydrogen-bond acceptors (Lipinski definition) is 3. The second-order valence-electron chi connectivity index (χ2n) is 11.7. The molecule has 5 nitrogen and oxygen atoms in total. The normalized spacial score (nSPS) is 15.3. The molecule has 0 radical (unpaired) electrons. The number of fused-ring (bicyclic) bond motifs is 3. The van der Waals surface area contributed by atoms with Gasteiger partial charge < -0.3 is 4.57 Å². The van der Waals surface area contributed by atoms with Crippen LogP contribution in [-0.2, 0) is 11.0 Å². The summed E-state index contributed by atoms with van der Waals surface area (Å²) in [7, 11) is -3.14. The number of hydrogen-bond donors (Lipinski definition) is 0. The van der Waals surface area contributed by atoms with Gasteiger partial charge in [0.25, 0.3) is 0 Å². The van der Waals surface area contributed by atoms with Crippen molar-refractivity contribution in [2.75, 3.05) is 0 Å². The molecule has 0 N–H and O–H groups in total. The van der Waals surface area contributed by atoms with E-state index in [0.717, 1.165) is 84.1 Å². The van der Waals surface area contributed by atoms with Gasteiger partial charge in [-0.25, -0.2) is 9.97 Å². The van der Waals surface area contributed by atoms with Gasteiger partial charge in [-0.2, -0.15) is 0 Å². The molecule has 0 amide bonds. The van der Waals surface area contributed by atoms with Crippen molar-refractivity contribution in [2.45, 2.75) is 13.3 Å². The van der Waals surface area contributed by atoms with E-state index in [9.17, 15) is 0 Å². The fraction of sp³-hybridized carbons (Fsp3) is 0.0500. The largest absolute Gasteiger partial charge is 0.308 e. The van der Waals surface area contributed by atoms with Crippen LogP contribution in [0.3, 0.4) is 0 Å². The third-order valence-electron chi connectivity index (χ3n) is 9.12. The van der Waals surface area contributed by atoms with E-state index in [-0.39, 0.29) is 0 Å². The van der Waals surface area contributed by atoms with E-state index in [1.54, 1.807) is 0 Å². The Labute approximate surface area is 266 Å². The van der Waals surface area contributed by atoms with Gasteiger partial charge in [0.05, 0.1) is 27.8 Å². The van der Waals surface area contributed by atoms with E-state index < -0.39 is 7.14 Å². The third-order valence-corrected chi connectivity index (χ3v) is 12.2. The summed E-state index contributed by atoms with van der Waals surface area (Å²) < 4.78 is 19.8. The minimum Gasteiger partial charge on any atom is -0.308 e. The van der Waals surface area contributed by atoms with Gasteiger partial charge in [0.2, 0.25) is 0 Å². The first-order valence-electron chi connectivity index (χ1n) is 15.6. The van der Waals surface area contributed by atoms with Crippen LogP contribution in [0, 0.1) is 0 Å². The molecule has 46 heavy (non-hydrogen) atoms. The molecule has 0 saturated heterocycles. The molecule has 1 atom stereocenters. The molecule has 0 aliphatic carbocycles. The first kappa shape index (κ1) is 26.9. The van der Waals surface area contributed by atoms with Gasteiger partial charge in [0, 0.05) is 39.1 Å². The second-order valence-corrected chi connectivity index (χ2v) is 14.4. The van der Waals surface area contributed by atoms with Crippen molar-refractivity contribution in [3.8, 4) is 33.9 Å². The highest BCUT2D eigenvalue weighted by Crippen LogP contribution is 2.50. The SMILES string of the molecule is CCc1nc2c(-c3ccc(-c4nc5ccccc5n4-c4ccccc4)cc3)ccc3c2n1-c1ccccc1P3(=O)c1ccccc1. The van der Waals surface area contributed by atoms with Crippen molar-refractivity contribution in [3.63, 3.8) is 0 Å². The van der Waals surface area contributed by atoms with Crippen molar-refractivity contribution in [2.24, 2.45) is 0 Å². The van der Waals surface area contributed by atoms with Gasteiger partial charge in [0.15, 0.2) is 7.14 Å². The summed E-state index contributed by atoms with van der Waals surface area (Å²) >= 11 is 0. The molecule has 2 aromatic heterocycles. The van der Waals surface area contributed by atoms with E-state index >= 15 is 4.57 Å². The number of benzene rings is 6. The molecular formula is C40H29N4OP. The monoisotopic (exact) mass is 612 g/mol. The second kappa shape index (κ2) is 10.3. The standard InChI is InChI=1S/C40H29N4OP/c1-2-37-42-38-31(25-26-36-39(38)44(37)34-19-11-12-20-35(34)46(36,45)30-15-7-4-8-16-30)27-21-23-28(24-22-27)40-41-32-17-9-10-18-33(32)43(40)29-13-5-3-6-14-29/h3-26H,2H2,1H3. The maximum absolute atomic E-state index is 15.4. The highest BCUT2D eigenvalue weighted by Gasteiger charge is 2.40. The van der Waals surface area contributed by atoms with E-state index in [1.165, 1.54) is 0 Å². The highest BCUT2D eigenvalue weighted by molar-refractivity contribution is 7.86. The van der Waals surface area contributed by atoms with Crippen molar-refractivity contribution < 1.29 is 4.57 Å². The summed E-state index contributed by atoms with van der Waals surface area (Å²) in [5.74, 6) is 1.86. The predicted octanol–water partition coefficient (Wildman–Crippen LogP) is 8.21. The van der Waals surface area contributed by atoms with E-state index in [1.807, 2.05) is 60.7 Å². The minimum absolute atomic E-state index is 0.756. The Balaban J connectivity index is 1.24. The first-order valence-corrected chi connectivity index (χ1v) is 17.3. The molecule has 6 heteroatoms. The molecule has 0 fully saturated rings. The van der Waals surface area contributed by atoms with Gasteiger partial charge in [-0.15, -0.1) is 0 Å². The molecule has 0 spiro atoms. The topological polar surface area (TPSA) is 52.7 Å². The van der Waals surface area contributed by atoms with Crippen LogP contribution < -0.4 is 15.9 Å². The average molecular weight is 613 g/mol. The zero-order valence-electron chi connectivity index (χ0n) is 25.2. The molecule has 3 heterocycles. The number of rotatable bonds is 5. The van der Waals surface area contributed by atoms with E-state index in [4.69, 9.17) is 9.97 Å². The lowest BCUT2D eigenvalue weighted by molar-refractivity contribution is 0.592. The summed E-state index contributed by atoms with van der Waals surface area (Å²) in [5.41, 5.74) is 8.97. The molecule has 220 valence electrons. The van der Waals surface area contributed by atoms with Crippen LogP contribution in [0.5, 0.6) is 0 Å². The zero-order valence-corrected chi connectivity index (χ0v) is 26.1. The number of aromatic nitrogens is 4. The maximum atomic E-state index is 15.4. The van der Waals surface area contributed by atoms with Crippen molar-refractivity contribution in [1.29, 1.82) is 0 Å². The third kappa shape index (κ3) is 3.79. The number of para-hydroxylation sites is 4. The molecular weight excluding hydrogens is 583 g/mol. The van der Waals surface area contributed by atoms with Crippen molar-refractivity contribution in [3.05, 3.63) is 151 Å². The summed E-state index contributed by atoms with van der Waals surface area (Å²) in [6.45, 7) is 2.13. The molecule has 1 aliphatic rings. The van der Waals surface area contributed by atoms with Crippen LogP contribution in [0.1, 0.15) is 12.7 Å². The lowest BCUT2D eigenvalue weighted by atomic mass is 10.0. The van der Waals surface area contributed by atoms with Gasteiger partial charge in [-0.3, -0.25) is 9.13 Å². The Bertz CT molecular complexity index is 2480. The highest BCUT2D eigenvalue weighted by atomic mass is 31.2. The van der Waals surface area contributed by atoms with Crippen LogP contribution in [0.25, 0.3) is 56.0 Å². The average Bonchev–Trinajstić information content (AvgIpc) is 3.71. The Hall–Kier alpha value is -5.51. The van der Waals surface area contributed by atoms with Gasteiger partial charge in [0.1, 0.15) is 11.6 Å². The molecule has 8 aromatic rings. The molecule has 0 bridgehead atoms. The Morgan fingerprint density at radius 3 is 2.07 bits per heavy atom. The Morgan fingerprint density at radius 1 is 0.609 bits per heavy atom. The quantitative estimate of drug-likeness (QED) is 0.184. The summed E-state index contributed by atoms with van der Waals surface area (Å²) in [4.78, 5) is 10.3. The summed E-state index contributed by atoms with van der Waals surface area (Å²) in [6.07, 6.45) is 0.756. The fourth-order valence-electron chi connectivity index (χ4n) is 7.02. The van der Waals surface area contributed by atoms with Crippen LogP contribution >= 0.6 is 7.14 Å². The maximum Gasteiger partial charge on any atom is 0.175 e. The molecule has 6 aromatic carbocycles. The summed E-state index contributed by atoms with van der Waals surface area (Å²) in [6, 6.07) is 49.4. The van der Waals surface area contributed by atoms with Crippen LogP contribution in [0.2, 0.25) is 0 Å². The van der Waals surface area contributed by atoms with E-state index in [0.29, 0.717) is 0 Å². The van der Waals surface area contributed by atoms with Crippen LogP contribution in [0.4, 0.5) is 0 Å². The van der Waals surface area contributed by atoms with Crippen LogP contribution in [0.15, 0.2) is 146 Å². The van der Waals surface area contributed by atoms with Crippen molar-refractivity contribution >= 4 is 45.1 Å². The van der Waals surface area contributed by atoms with Gasteiger partial charge >= 0.3 is 0 Å². The smallest absolute Gasteiger partial charge is 0.175 e. The zero-order chi connectivity index (χ0) is 30.8.